The molecule has 0 bridgehead atoms. The Hall–Kier alpha value is -2.91. The van der Waals surface area contributed by atoms with Crippen LogP contribution in [0.1, 0.15) is 155 Å². The third-order valence-electron chi connectivity index (χ3n) is 9.77. The number of rotatable bonds is 36. The van der Waals surface area contributed by atoms with Crippen LogP contribution >= 0.6 is 0 Å². The highest BCUT2D eigenvalue weighted by atomic mass is 32.2. The average molecular weight is 867 g/mol. The van der Waals surface area contributed by atoms with Crippen molar-refractivity contribution in [3.05, 3.63) is 72.9 Å². The summed E-state index contributed by atoms with van der Waals surface area (Å²) in [5, 5.41) is 30.9. The molecule has 1 rings (SSSR count). The summed E-state index contributed by atoms with van der Waals surface area (Å²) in [6.45, 7) is 3.57. The van der Waals surface area contributed by atoms with Crippen molar-refractivity contribution in [2.24, 2.45) is 0 Å². The first-order valence-corrected chi connectivity index (χ1v) is 24.1. The fourth-order valence-electron chi connectivity index (χ4n) is 6.29. The highest BCUT2D eigenvalue weighted by molar-refractivity contribution is 7.85. The zero-order valence-electron chi connectivity index (χ0n) is 36.5. The lowest BCUT2D eigenvalue weighted by molar-refractivity contribution is -0.297. The van der Waals surface area contributed by atoms with Gasteiger partial charge in [-0.15, -0.1) is 0 Å². The van der Waals surface area contributed by atoms with E-state index in [1.165, 1.54) is 57.8 Å². The van der Waals surface area contributed by atoms with Crippen molar-refractivity contribution in [3.8, 4) is 0 Å². The smallest absolute Gasteiger partial charge is 0.306 e. The summed E-state index contributed by atoms with van der Waals surface area (Å²) < 4.78 is 54.0. The molecule has 1 saturated heterocycles. The van der Waals surface area contributed by atoms with Gasteiger partial charge in [0.25, 0.3) is 10.1 Å². The molecule has 1 heterocycles. The minimum atomic E-state index is -4.61. The van der Waals surface area contributed by atoms with E-state index in [0.717, 1.165) is 51.4 Å². The number of allylic oxidation sites excluding steroid dienone is 12. The largest absolute Gasteiger partial charge is 0.462 e. The van der Waals surface area contributed by atoms with Crippen LogP contribution in [0, 0.1) is 0 Å². The number of hydrogen-bond acceptors (Lipinski definition) is 11. The Kier molecular flexibility index (Phi) is 33.7. The number of unbranched alkanes of at least 4 members (excludes halogenated alkanes) is 12. The van der Waals surface area contributed by atoms with Crippen molar-refractivity contribution >= 4 is 22.1 Å². The molecule has 344 valence electrons. The van der Waals surface area contributed by atoms with Crippen molar-refractivity contribution in [1.29, 1.82) is 0 Å². The highest BCUT2D eigenvalue weighted by Gasteiger charge is 2.46. The van der Waals surface area contributed by atoms with Gasteiger partial charge < -0.3 is 34.3 Å². The van der Waals surface area contributed by atoms with Gasteiger partial charge in [-0.1, -0.05) is 138 Å². The third-order valence-corrected chi connectivity index (χ3v) is 10.5. The van der Waals surface area contributed by atoms with E-state index in [0.29, 0.717) is 19.3 Å². The maximum atomic E-state index is 12.8. The number of aliphatic hydroxyl groups is 3. The third kappa shape index (κ3) is 31.0. The number of ether oxygens (including phenoxy) is 4. The standard InChI is InChI=1S/C47H78O12S/c1-3-5-7-9-11-13-15-17-19-20-22-24-26-28-30-32-34-36-43(49)58-40(38-57-47-46(52)45(51)44(50)41(59-47)39-60(53,54)55)37-56-42(48)35-33-31-29-27-25-23-21-18-16-14-12-10-8-6-4-2/h5,7,11,13,17,19,22,24-25,27-28,30,40-41,44-47,50-52H,3-4,6,8-10,12,14-16,18,20-21,23,26,29,31-39H2,1-2H3,(H,53,54,55)/b7-5+,13-11+,19-17+,24-22+,27-25+,30-28+/t40-,41-,44-,45?,46?,47+/m1/s1. The summed E-state index contributed by atoms with van der Waals surface area (Å²) in [5.74, 6) is -2.10. The normalized spacial score (nSPS) is 20.8. The summed E-state index contributed by atoms with van der Waals surface area (Å²) in [4.78, 5) is 25.4. The van der Waals surface area contributed by atoms with E-state index in [-0.39, 0.29) is 19.4 Å². The van der Waals surface area contributed by atoms with Gasteiger partial charge >= 0.3 is 11.9 Å². The molecule has 1 aliphatic rings. The van der Waals surface area contributed by atoms with E-state index in [4.69, 9.17) is 18.9 Å². The van der Waals surface area contributed by atoms with E-state index in [9.17, 15) is 37.9 Å². The molecule has 4 N–H and O–H groups in total. The van der Waals surface area contributed by atoms with Crippen LogP contribution in [-0.2, 0) is 38.7 Å². The predicted molar refractivity (Wildman–Crippen MR) is 238 cm³/mol. The van der Waals surface area contributed by atoms with Gasteiger partial charge in [0.1, 0.15) is 36.8 Å². The number of esters is 2. The van der Waals surface area contributed by atoms with Crippen molar-refractivity contribution in [1.82, 2.24) is 0 Å². The molecule has 0 radical (unpaired) electrons. The topological polar surface area (TPSA) is 186 Å². The molecule has 13 heteroatoms. The van der Waals surface area contributed by atoms with Crippen LogP contribution in [0.4, 0.5) is 0 Å². The van der Waals surface area contributed by atoms with Crippen LogP contribution in [-0.4, -0.2) is 96.0 Å². The molecule has 0 amide bonds. The van der Waals surface area contributed by atoms with Crippen LogP contribution in [0.5, 0.6) is 0 Å². The quantitative estimate of drug-likeness (QED) is 0.0203. The van der Waals surface area contributed by atoms with Gasteiger partial charge in [-0.3, -0.25) is 14.1 Å². The van der Waals surface area contributed by atoms with Crippen molar-refractivity contribution in [2.45, 2.75) is 192 Å². The number of hydrogen-bond donors (Lipinski definition) is 4. The minimum absolute atomic E-state index is 0.0787. The SMILES string of the molecule is CC/C=C/C/C=C/C/C=C/C/C=C/C/C=C/CCCC(=O)O[C@H](COC(=O)CCCC/C=C/CCCCCCCCCCC)CO[C@H]1O[C@H](CS(=O)(=O)O)[C@@H](O)C(O)C1O. The molecule has 1 aliphatic heterocycles. The van der Waals surface area contributed by atoms with Crippen LogP contribution in [0.2, 0.25) is 0 Å². The number of carbonyl (C=O) groups excluding carboxylic acids is 2. The number of carbonyl (C=O) groups is 2. The van der Waals surface area contributed by atoms with Gasteiger partial charge in [0.15, 0.2) is 12.4 Å². The van der Waals surface area contributed by atoms with Gasteiger partial charge in [0.05, 0.1) is 6.61 Å². The summed E-state index contributed by atoms with van der Waals surface area (Å²) in [6.07, 6.45) is 36.7. The molecule has 0 aliphatic carbocycles. The Balaban J connectivity index is 2.52. The summed E-state index contributed by atoms with van der Waals surface area (Å²) >= 11 is 0. The Morgan fingerprint density at radius 3 is 1.63 bits per heavy atom. The van der Waals surface area contributed by atoms with Crippen LogP contribution in [0.25, 0.3) is 0 Å². The van der Waals surface area contributed by atoms with Crippen molar-refractivity contribution in [2.75, 3.05) is 19.0 Å². The Labute approximate surface area is 361 Å². The van der Waals surface area contributed by atoms with Crippen LogP contribution < -0.4 is 0 Å². The zero-order valence-corrected chi connectivity index (χ0v) is 37.3. The molecule has 0 saturated carbocycles. The fourth-order valence-corrected chi connectivity index (χ4v) is 6.98. The average Bonchev–Trinajstić information content (AvgIpc) is 3.21. The van der Waals surface area contributed by atoms with Crippen molar-refractivity contribution < 1.29 is 56.8 Å². The molecule has 2 unspecified atom stereocenters. The molecule has 6 atom stereocenters. The molecular formula is C47H78O12S. The van der Waals surface area contributed by atoms with Crippen molar-refractivity contribution in [3.63, 3.8) is 0 Å². The van der Waals surface area contributed by atoms with Gasteiger partial charge in [-0.2, -0.15) is 8.42 Å². The van der Waals surface area contributed by atoms with Gasteiger partial charge in [-0.25, -0.2) is 0 Å². The molecule has 0 aromatic rings. The summed E-state index contributed by atoms with van der Waals surface area (Å²) in [7, 11) is -4.61. The van der Waals surface area contributed by atoms with E-state index in [1.807, 2.05) is 12.2 Å². The number of aliphatic hydroxyl groups excluding tert-OH is 3. The lowest BCUT2D eigenvalue weighted by Gasteiger charge is -2.40. The maximum absolute atomic E-state index is 12.8. The molecule has 0 aromatic heterocycles. The molecule has 0 aromatic carbocycles. The zero-order chi connectivity index (χ0) is 44.1. The van der Waals surface area contributed by atoms with E-state index in [2.05, 4.69) is 74.6 Å². The Bertz CT molecular complexity index is 1390. The first-order valence-electron chi connectivity index (χ1n) is 22.5. The molecule has 60 heavy (non-hydrogen) atoms. The second-order valence-electron chi connectivity index (χ2n) is 15.3. The fraction of sp³-hybridized carbons (Fsp3) is 0.702. The Morgan fingerprint density at radius 1 is 0.583 bits per heavy atom. The summed E-state index contributed by atoms with van der Waals surface area (Å²) in [5.41, 5.74) is 0. The van der Waals surface area contributed by atoms with E-state index < -0.39 is 71.2 Å². The Morgan fingerprint density at radius 2 is 1.07 bits per heavy atom. The predicted octanol–water partition coefficient (Wildman–Crippen LogP) is 9.11. The lowest BCUT2D eigenvalue weighted by Crippen LogP contribution is -2.60. The monoisotopic (exact) mass is 867 g/mol. The molecule has 1 fully saturated rings. The van der Waals surface area contributed by atoms with Crippen LogP contribution in [0.15, 0.2) is 72.9 Å². The van der Waals surface area contributed by atoms with Gasteiger partial charge in [0, 0.05) is 12.8 Å². The second-order valence-corrected chi connectivity index (χ2v) is 16.8. The first-order chi connectivity index (χ1) is 29.0. The minimum Gasteiger partial charge on any atom is -0.462 e. The summed E-state index contributed by atoms with van der Waals surface area (Å²) in [6, 6.07) is 0. The van der Waals surface area contributed by atoms with Gasteiger partial charge in [-0.05, 0) is 77.0 Å². The van der Waals surface area contributed by atoms with E-state index in [1.54, 1.807) is 0 Å². The van der Waals surface area contributed by atoms with E-state index >= 15 is 0 Å². The first kappa shape index (κ1) is 55.1. The lowest BCUT2D eigenvalue weighted by atomic mass is 10.00. The molecular weight excluding hydrogens is 789 g/mol. The molecule has 12 nitrogen and oxygen atoms in total. The maximum Gasteiger partial charge on any atom is 0.306 e. The molecule has 0 spiro atoms. The van der Waals surface area contributed by atoms with Crippen LogP contribution in [0.3, 0.4) is 0 Å². The van der Waals surface area contributed by atoms with Gasteiger partial charge in [0.2, 0.25) is 0 Å². The highest BCUT2D eigenvalue weighted by Crippen LogP contribution is 2.24. The second kappa shape index (κ2) is 36.7.